The molecule has 2 heterocycles. The zero-order valence-corrected chi connectivity index (χ0v) is 13.9. The lowest BCUT2D eigenvalue weighted by Gasteiger charge is -2.27. The normalized spacial score (nSPS) is 16.1. The van der Waals surface area contributed by atoms with E-state index in [1.807, 2.05) is 55.4 Å². The maximum absolute atomic E-state index is 12.6. The summed E-state index contributed by atoms with van der Waals surface area (Å²) in [6.07, 6.45) is 0. The first kappa shape index (κ1) is 15.3. The standard InChI is InChI=1S/C19H17N3O3/c1-22(2)12-9-7-11(8-10-12)16-15-17(21-19(24)20-16)13-5-3-4-6-14(13)25-18(15)23/h3-10,16H,1-2H3,(H2,20,21,24). The predicted octanol–water partition coefficient (Wildman–Crippen LogP) is 3.08. The highest BCUT2D eigenvalue weighted by Gasteiger charge is 2.31. The molecular formula is C19H17N3O3. The van der Waals surface area contributed by atoms with Crippen LogP contribution in [0.1, 0.15) is 17.2 Å². The van der Waals surface area contributed by atoms with Crippen LogP contribution in [0.25, 0.3) is 11.0 Å². The lowest BCUT2D eigenvalue weighted by molar-refractivity contribution is 0.248. The SMILES string of the molecule is CN(C)c1ccc(C2NC(=O)Nc3c2c(=O)oc2ccccc32)cc1. The topological polar surface area (TPSA) is 74.6 Å². The summed E-state index contributed by atoms with van der Waals surface area (Å²) in [5, 5.41) is 6.28. The van der Waals surface area contributed by atoms with Gasteiger partial charge in [0.2, 0.25) is 0 Å². The van der Waals surface area contributed by atoms with Gasteiger partial charge in [-0.15, -0.1) is 0 Å². The Balaban J connectivity index is 1.91. The van der Waals surface area contributed by atoms with Gasteiger partial charge in [0.25, 0.3) is 0 Å². The molecule has 2 N–H and O–H groups in total. The van der Waals surface area contributed by atoms with Gasteiger partial charge < -0.3 is 20.0 Å². The first-order chi connectivity index (χ1) is 12.0. The molecule has 1 unspecified atom stereocenters. The van der Waals surface area contributed by atoms with E-state index in [9.17, 15) is 9.59 Å². The number of para-hydroxylation sites is 1. The number of carbonyl (C=O) groups is 1. The molecule has 0 radical (unpaired) electrons. The summed E-state index contributed by atoms with van der Waals surface area (Å²) in [5.41, 5.74) is 2.78. The van der Waals surface area contributed by atoms with Gasteiger partial charge in [0.05, 0.1) is 17.3 Å². The smallest absolute Gasteiger partial charge is 0.344 e. The van der Waals surface area contributed by atoms with Crippen molar-refractivity contribution in [3.05, 3.63) is 70.1 Å². The van der Waals surface area contributed by atoms with Crippen LogP contribution in [0.5, 0.6) is 0 Å². The average Bonchev–Trinajstić information content (AvgIpc) is 2.61. The number of rotatable bonds is 2. The average molecular weight is 335 g/mol. The number of anilines is 2. The maximum Gasteiger partial charge on any atom is 0.344 e. The zero-order chi connectivity index (χ0) is 17.6. The van der Waals surface area contributed by atoms with E-state index in [1.54, 1.807) is 12.1 Å². The zero-order valence-electron chi connectivity index (χ0n) is 13.9. The van der Waals surface area contributed by atoms with Crippen LogP contribution in [-0.2, 0) is 0 Å². The van der Waals surface area contributed by atoms with E-state index < -0.39 is 11.7 Å². The molecule has 1 aromatic heterocycles. The minimum absolute atomic E-state index is 0.343. The molecule has 2 amide bonds. The molecule has 0 saturated carbocycles. The van der Waals surface area contributed by atoms with E-state index in [2.05, 4.69) is 10.6 Å². The molecule has 6 heteroatoms. The fraction of sp³-hybridized carbons (Fsp3) is 0.158. The lowest BCUT2D eigenvalue weighted by atomic mass is 9.95. The second-order valence-electron chi connectivity index (χ2n) is 6.19. The number of urea groups is 1. The van der Waals surface area contributed by atoms with Crippen LogP contribution in [0.15, 0.2) is 57.7 Å². The van der Waals surface area contributed by atoms with E-state index in [4.69, 9.17) is 4.42 Å². The first-order valence-electron chi connectivity index (χ1n) is 7.95. The van der Waals surface area contributed by atoms with Crippen molar-refractivity contribution >= 4 is 28.4 Å². The number of nitrogens with one attached hydrogen (secondary N) is 2. The monoisotopic (exact) mass is 335 g/mol. The first-order valence-corrected chi connectivity index (χ1v) is 7.95. The van der Waals surface area contributed by atoms with Crippen LogP contribution in [0.2, 0.25) is 0 Å². The van der Waals surface area contributed by atoms with Crippen molar-refractivity contribution in [3.8, 4) is 0 Å². The van der Waals surface area contributed by atoms with Gasteiger partial charge in [0.15, 0.2) is 0 Å². The molecule has 1 aliphatic heterocycles. The second kappa shape index (κ2) is 5.66. The van der Waals surface area contributed by atoms with Crippen molar-refractivity contribution in [2.24, 2.45) is 0 Å². The number of benzene rings is 2. The van der Waals surface area contributed by atoms with E-state index >= 15 is 0 Å². The third-order valence-corrected chi connectivity index (χ3v) is 4.39. The predicted molar refractivity (Wildman–Crippen MR) is 97.3 cm³/mol. The van der Waals surface area contributed by atoms with Gasteiger partial charge in [0, 0.05) is 25.2 Å². The molecule has 126 valence electrons. The van der Waals surface area contributed by atoms with Gasteiger partial charge in [-0.3, -0.25) is 0 Å². The van der Waals surface area contributed by atoms with Crippen molar-refractivity contribution < 1.29 is 9.21 Å². The highest BCUT2D eigenvalue weighted by atomic mass is 16.4. The van der Waals surface area contributed by atoms with Gasteiger partial charge in [-0.1, -0.05) is 24.3 Å². The summed E-state index contributed by atoms with van der Waals surface area (Å²) in [6.45, 7) is 0. The van der Waals surface area contributed by atoms with E-state index in [0.29, 0.717) is 22.2 Å². The molecular weight excluding hydrogens is 318 g/mol. The maximum atomic E-state index is 12.6. The van der Waals surface area contributed by atoms with E-state index in [-0.39, 0.29) is 6.03 Å². The Bertz CT molecular complexity index is 1020. The summed E-state index contributed by atoms with van der Waals surface area (Å²) in [4.78, 5) is 26.7. The fourth-order valence-electron chi connectivity index (χ4n) is 3.13. The summed E-state index contributed by atoms with van der Waals surface area (Å²) >= 11 is 0. The van der Waals surface area contributed by atoms with E-state index in [1.165, 1.54) is 0 Å². The molecule has 25 heavy (non-hydrogen) atoms. The molecule has 0 spiro atoms. The largest absolute Gasteiger partial charge is 0.422 e. The molecule has 2 aromatic carbocycles. The number of amides is 2. The van der Waals surface area contributed by atoms with Gasteiger partial charge >= 0.3 is 11.7 Å². The summed E-state index contributed by atoms with van der Waals surface area (Å²) in [5.74, 6) is 0. The van der Waals surface area contributed by atoms with Crippen LogP contribution in [0, 0.1) is 0 Å². The molecule has 0 bridgehead atoms. The lowest BCUT2D eigenvalue weighted by Crippen LogP contribution is -2.41. The minimum atomic E-state index is -0.555. The molecule has 0 fully saturated rings. The number of hydrogen-bond acceptors (Lipinski definition) is 4. The Hall–Kier alpha value is -3.28. The Morgan fingerprint density at radius 1 is 1.00 bits per heavy atom. The number of nitrogens with zero attached hydrogens (tertiary/aromatic N) is 1. The Kier molecular flexibility index (Phi) is 3.46. The van der Waals surface area contributed by atoms with Crippen LogP contribution >= 0.6 is 0 Å². The van der Waals surface area contributed by atoms with Crippen molar-refractivity contribution in [3.63, 3.8) is 0 Å². The summed E-state index contributed by atoms with van der Waals surface area (Å²) in [6, 6.07) is 14.0. The van der Waals surface area contributed by atoms with Crippen molar-refractivity contribution in [2.45, 2.75) is 6.04 Å². The van der Waals surface area contributed by atoms with Crippen LogP contribution in [0.3, 0.4) is 0 Å². The highest BCUT2D eigenvalue weighted by Crippen LogP contribution is 2.34. The molecule has 4 rings (SSSR count). The fourth-order valence-corrected chi connectivity index (χ4v) is 3.13. The quantitative estimate of drug-likeness (QED) is 0.706. The molecule has 1 atom stereocenters. The van der Waals surface area contributed by atoms with Crippen LogP contribution in [0.4, 0.5) is 16.2 Å². The molecule has 1 aliphatic rings. The Morgan fingerprint density at radius 2 is 1.72 bits per heavy atom. The van der Waals surface area contributed by atoms with Gasteiger partial charge in [-0.25, -0.2) is 9.59 Å². The van der Waals surface area contributed by atoms with Gasteiger partial charge in [-0.2, -0.15) is 0 Å². The summed E-state index contributed by atoms with van der Waals surface area (Å²) < 4.78 is 5.45. The molecule has 3 aromatic rings. The highest BCUT2D eigenvalue weighted by molar-refractivity contribution is 6.03. The van der Waals surface area contributed by atoms with Crippen molar-refractivity contribution in [1.82, 2.24) is 5.32 Å². The number of carbonyl (C=O) groups excluding carboxylic acids is 1. The van der Waals surface area contributed by atoms with Crippen LogP contribution in [-0.4, -0.2) is 20.1 Å². The number of hydrogen-bond donors (Lipinski definition) is 2. The van der Waals surface area contributed by atoms with Crippen molar-refractivity contribution in [2.75, 3.05) is 24.3 Å². The Labute approximate surface area is 144 Å². The minimum Gasteiger partial charge on any atom is -0.422 e. The number of fused-ring (bicyclic) bond motifs is 3. The molecule has 0 aliphatic carbocycles. The summed E-state index contributed by atoms with van der Waals surface area (Å²) in [7, 11) is 3.91. The molecule has 6 nitrogen and oxygen atoms in total. The molecule has 0 saturated heterocycles. The van der Waals surface area contributed by atoms with E-state index in [0.717, 1.165) is 11.3 Å². The van der Waals surface area contributed by atoms with Crippen molar-refractivity contribution in [1.29, 1.82) is 0 Å². The van der Waals surface area contributed by atoms with Gasteiger partial charge in [0.1, 0.15) is 5.58 Å². The van der Waals surface area contributed by atoms with Gasteiger partial charge in [-0.05, 0) is 29.8 Å². The third kappa shape index (κ3) is 2.52. The van der Waals surface area contributed by atoms with Crippen LogP contribution < -0.4 is 21.2 Å². The Morgan fingerprint density at radius 3 is 2.44 bits per heavy atom. The second-order valence-corrected chi connectivity index (χ2v) is 6.19. The third-order valence-electron chi connectivity index (χ3n) is 4.39.